The Balaban J connectivity index is 4.34. The van der Waals surface area contributed by atoms with E-state index >= 15 is 0 Å². The van der Waals surface area contributed by atoms with Crippen molar-refractivity contribution in [1.82, 2.24) is 0 Å². The molecule has 6 nitrogen and oxygen atoms in total. The quantitative estimate of drug-likeness (QED) is 0.539. The van der Waals surface area contributed by atoms with Gasteiger partial charge < -0.3 is 0 Å². The fourth-order valence-corrected chi connectivity index (χ4v) is 0.244. The van der Waals surface area contributed by atoms with E-state index < -0.39 is 5.79 Å². The molecule has 0 fully saturated rings. The average Bonchev–Trinajstić information content (AvgIpc) is 1.95. The standard InChI is InChI=1S/C3H5N3O3/c1-2-3(4-7,5-8)6-9/h2H2,1H3. The summed E-state index contributed by atoms with van der Waals surface area (Å²) in [6.07, 6.45) is -0.0938. The molecule has 0 aromatic rings. The summed E-state index contributed by atoms with van der Waals surface area (Å²) in [7, 11) is 0. The van der Waals surface area contributed by atoms with Gasteiger partial charge in [-0.1, -0.05) is 6.92 Å². The van der Waals surface area contributed by atoms with E-state index in [9.17, 15) is 14.7 Å². The summed E-state index contributed by atoms with van der Waals surface area (Å²) in [5.74, 6) is -2.12. The topological polar surface area (TPSA) is 88.3 Å². The molecule has 0 radical (unpaired) electrons. The summed E-state index contributed by atoms with van der Waals surface area (Å²) in [5, 5.41) is 6.50. The maximum Gasteiger partial charge on any atom is 0.358 e. The average molecular weight is 131 g/mol. The van der Waals surface area contributed by atoms with Crippen molar-refractivity contribution in [3.05, 3.63) is 14.7 Å². The Kier molecular flexibility index (Phi) is 2.56. The Morgan fingerprint density at radius 1 is 1.11 bits per heavy atom. The van der Waals surface area contributed by atoms with Crippen LogP contribution < -0.4 is 0 Å². The van der Waals surface area contributed by atoms with E-state index in [0.29, 0.717) is 0 Å². The van der Waals surface area contributed by atoms with Crippen molar-refractivity contribution in [2.24, 2.45) is 15.5 Å². The Morgan fingerprint density at radius 2 is 1.44 bits per heavy atom. The zero-order valence-electron chi connectivity index (χ0n) is 4.77. The molecule has 0 atom stereocenters. The summed E-state index contributed by atoms with van der Waals surface area (Å²) in [6.45, 7) is 1.42. The smallest absolute Gasteiger partial charge is 0.146 e. The van der Waals surface area contributed by atoms with E-state index in [-0.39, 0.29) is 6.42 Å². The summed E-state index contributed by atoms with van der Waals surface area (Å²) in [6, 6.07) is 0. The van der Waals surface area contributed by atoms with Gasteiger partial charge in [0.25, 0.3) is 0 Å². The zero-order valence-corrected chi connectivity index (χ0v) is 4.77. The largest absolute Gasteiger partial charge is 0.358 e. The van der Waals surface area contributed by atoms with Crippen molar-refractivity contribution in [3.8, 4) is 0 Å². The second-order valence-electron chi connectivity index (χ2n) is 1.40. The van der Waals surface area contributed by atoms with Crippen molar-refractivity contribution >= 4 is 0 Å². The van der Waals surface area contributed by atoms with Crippen LogP contribution in [0.2, 0.25) is 0 Å². The Morgan fingerprint density at radius 3 is 1.44 bits per heavy atom. The van der Waals surface area contributed by atoms with Gasteiger partial charge in [-0.25, -0.2) is 0 Å². The van der Waals surface area contributed by atoms with E-state index in [1.54, 1.807) is 0 Å². The number of nitrogens with zero attached hydrogens (tertiary/aromatic N) is 3. The minimum atomic E-state index is -2.12. The van der Waals surface area contributed by atoms with Crippen LogP contribution in [0, 0.1) is 14.7 Å². The van der Waals surface area contributed by atoms with E-state index in [1.807, 2.05) is 0 Å². The van der Waals surface area contributed by atoms with Gasteiger partial charge in [0.2, 0.25) is 0 Å². The molecule has 0 heterocycles. The molecule has 50 valence electrons. The summed E-state index contributed by atoms with van der Waals surface area (Å²) in [5.41, 5.74) is 0. The molecule has 0 aromatic carbocycles. The first-order valence-electron chi connectivity index (χ1n) is 2.28. The maximum absolute atomic E-state index is 9.68. The molecular formula is C3H5N3O3. The van der Waals surface area contributed by atoms with E-state index in [0.717, 1.165) is 0 Å². The molecule has 0 aliphatic carbocycles. The molecule has 0 amide bonds. The molecular weight excluding hydrogens is 126 g/mol. The highest BCUT2D eigenvalue weighted by molar-refractivity contribution is 4.78. The van der Waals surface area contributed by atoms with Crippen LogP contribution in [-0.4, -0.2) is 5.79 Å². The van der Waals surface area contributed by atoms with Crippen LogP contribution in [-0.2, 0) is 0 Å². The SMILES string of the molecule is CCC(N=O)(N=O)N=O. The first kappa shape index (κ1) is 7.80. The van der Waals surface area contributed by atoms with Crippen molar-refractivity contribution in [1.29, 1.82) is 0 Å². The third-order valence-electron chi connectivity index (χ3n) is 0.913. The molecule has 0 N–H and O–H groups in total. The molecule has 0 aliphatic rings. The van der Waals surface area contributed by atoms with Crippen LogP contribution in [0.4, 0.5) is 0 Å². The molecule has 0 rings (SSSR count). The van der Waals surface area contributed by atoms with Gasteiger partial charge in [-0.15, -0.1) is 14.7 Å². The Labute approximate surface area is 50.6 Å². The third-order valence-corrected chi connectivity index (χ3v) is 0.913. The van der Waals surface area contributed by atoms with Gasteiger partial charge in [0.15, 0.2) is 0 Å². The molecule has 0 saturated heterocycles. The van der Waals surface area contributed by atoms with E-state index in [1.165, 1.54) is 6.92 Å². The second-order valence-corrected chi connectivity index (χ2v) is 1.40. The molecule has 0 aliphatic heterocycles. The monoisotopic (exact) mass is 131 g/mol. The lowest BCUT2D eigenvalue weighted by Gasteiger charge is -2.02. The van der Waals surface area contributed by atoms with Gasteiger partial charge >= 0.3 is 5.79 Å². The molecule has 0 spiro atoms. The lowest BCUT2D eigenvalue weighted by molar-refractivity contribution is 0.444. The zero-order chi connectivity index (χ0) is 7.33. The predicted octanol–water partition coefficient (Wildman–Crippen LogP) is 1.35. The van der Waals surface area contributed by atoms with Crippen LogP contribution in [0.25, 0.3) is 0 Å². The normalized spacial score (nSPS) is 10.3. The van der Waals surface area contributed by atoms with E-state index in [4.69, 9.17) is 0 Å². The van der Waals surface area contributed by atoms with Crippen molar-refractivity contribution in [3.63, 3.8) is 0 Å². The number of hydrogen-bond acceptors (Lipinski definition) is 6. The fraction of sp³-hybridized carbons (Fsp3) is 1.00. The summed E-state index contributed by atoms with van der Waals surface area (Å²) < 4.78 is 0. The van der Waals surface area contributed by atoms with Crippen LogP contribution in [0.1, 0.15) is 13.3 Å². The summed E-state index contributed by atoms with van der Waals surface area (Å²) >= 11 is 0. The number of nitroso groups, excluding NO2 is 3. The first-order valence-corrected chi connectivity index (χ1v) is 2.28. The third kappa shape index (κ3) is 1.34. The number of rotatable bonds is 4. The Hall–Kier alpha value is -1.20. The van der Waals surface area contributed by atoms with Crippen molar-refractivity contribution in [2.75, 3.05) is 0 Å². The molecule has 0 aromatic heterocycles. The molecule has 6 heteroatoms. The van der Waals surface area contributed by atoms with Crippen molar-refractivity contribution in [2.45, 2.75) is 19.1 Å². The molecule has 0 unspecified atom stereocenters. The van der Waals surface area contributed by atoms with Gasteiger partial charge in [0.05, 0.1) is 0 Å². The van der Waals surface area contributed by atoms with Gasteiger partial charge in [0.1, 0.15) is 0 Å². The predicted molar refractivity (Wildman–Crippen MR) is 30.4 cm³/mol. The van der Waals surface area contributed by atoms with Gasteiger partial charge in [-0.2, -0.15) is 0 Å². The second kappa shape index (κ2) is 2.95. The lowest BCUT2D eigenvalue weighted by Crippen LogP contribution is -2.16. The van der Waals surface area contributed by atoms with Crippen LogP contribution in [0.5, 0.6) is 0 Å². The highest BCUT2D eigenvalue weighted by Gasteiger charge is 2.31. The molecule has 0 bridgehead atoms. The highest BCUT2D eigenvalue weighted by Crippen LogP contribution is 2.17. The van der Waals surface area contributed by atoms with Crippen molar-refractivity contribution < 1.29 is 0 Å². The molecule has 9 heavy (non-hydrogen) atoms. The highest BCUT2D eigenvalue weighted by atomic mass is 16.3. The lowest BCUT2D eigenvalue weighted by atomic mass is 10.3. The van der Waals surface area contributed by atoms with Gasteiger partial charge in [0, 0.05) is 6.42 Å². The minimum absolute atomic E-state index is 0.0938. The van der Waals surface area contributed by atoms with Crippen LogP contribution in [0.3, 0.4) is 0 Å². The maximum atomic E-state index is 9.68. The first-order chi connectivity index (χ1) is 4.24. The summed E-state index contributed by atoms with van der Waals surface area (Å²) in [4.78, 5) is 29.0. The van der Waals surface area contributed by atoms with Gasteiger partial charge in [-0.3, -0.25) is 0 Å². The minimum Gasteiger partial charge on any atom is -0.146 e. The fourth-order valence-electron chi connectivity index (χ4n) is 0.244. The number of hydrogen-bond donors (Lipinski definition) is 0. The van der Waals surface area contributed by atoms with Crippen LogP contribution >= 0.6 is 0 Å². The Bertz CT molecular complexity index is 112. The van der Waals surface area contributed by atoms with Crippen LogP contribution in [0.15, 0.2) is 15.5 Å². The van der Waals surface area contributed by atoms with Gasteiger partial charge in [-0.05, 0) is 15.5 Å². The van der Waals surface area contributed by atoms with E-state index in [2.05, 4.69) is 15.5 Å². The molecule has 0 saturated carbocycles.